The normalized spacial score (nSPS) is 10.4. The van der Waals surface area contributed by atoms with Crippen LogP contribution in [0.15, 0.2) is 24.5 Å². The molecule has 1 heterocycles. The van der Waals surface area contributed by atoms with Crippen molar-refractivity contribution in [2.24, 2.45) is 7.05 Å². The maximum absolute atomic E-state index is 12.0. The van der Waals surface area contributed by atoms with Crippen molar-refractivity contribution in [1.82, 2.24) is 14.8 Å². The molecule has 0 aliphatic rings. The van der Waals surface area contributed by atoms with Crippen molar-refractivity contribution >= 4 is 11.7 Å². The summed E-state index contributed by atoms with van der Waals surface area (Å²) in [5, 5.41) is 18.4. The Morgan fingerprint density at radius 2 is 2.24 bits per heavy atom. The average molecular weight is 290 g/mol. The number of aromatic nitrogens is 3. The van der Waals surface area contributed by atoms with Crippen molar-refractivity contribution in [3.63, 3.8) is 0 Å². The Bertz CT molecular complexity index is 681. The van der Waals surface area contributed by atoms with Gasteiger partial charge in [-0.2, -0.15) is 0 Å². The number of aryl methyl sites for hydroxylation is 1. The third-order valence-corrected chi connectivity index (χ3v) is 3.09. The molecule has 0 atom stereocenters. The van der Waals surface area contributed by atoms with E-state index in [1.54, 1.807) is 17.9 Å². The molecule has 0 fully saturated rings. The highest BCUT2D eigenvalue weighted by Crippen LogP contribution is 2.21. The van der Waals surface area contributed by atoms with Crippen LogP contribution in [-0.2, 0) is 18.2 Å². The van der Waals surface area contributed by atoms with Gasteiger partial charge in [-0.1, -0.05) is 6.07 Å². The fourth-order valence-electron chi connectivity index (χ4n) is 1.89. The van der Waals surface area contributed by atoms with Crippen molar-refractivity contribution in [3.05, 3.63) is 51.6 Å². The molecule has 0 unspecified atom stereocenters. The number of hydrogen-bond acceptors (Lipinski definition) is 6. The summed E-state index contributed by atoms with van der Waals surface area (Å²) in [7, 11) is 1.79. The number of esters is 1. The number of benzene rings is 1. The molecule has 0 radical (unpaired) electrons. The number of carbonyl (C=O) groups excluding carboxylic acids is 1. The molecular formula is C13H14N4O4. The third kappa shape index (κ3) is 3.22. The molecule has 110 valence electrons. The van der Waals surface area contributed by atoms with Gasteiger partial charge in [0.05, 0.1) is 17.1 Å². The molecule has 0 bridgehead atoms. The molecule has 0 spiro atoms. The first-order valence-electron chi connectivity index (χ1n) is 6.24. The highest BCUT2D eigenvalue weighted by molar-refractivity contribution is 5.92. The van der Waals surface area contributed by atoms with E-state index >= 15 is 0 Å². The summed E-state index contributed by atoms with van der Waals surface area (Å²) >= 11 is 0. The van der Waals surface area contributed by atoms with Crippen LogP contribution in [0.25, 0.3) is 0 Å². The van der Waals surface area contributed by atoms with Crippen LogP contribution in [0.5, 0.6) is 0 Å². The zero-order valence-corrected chi connectivity index (χ0v) is 11.6. The minimum Gasteiger partial charge on any atom is -0.462 e. The molecule has 1 aromatic carbocycles. The predicted octanol–water partition coefficient (Wildman–Crippen LogP) is 1.43. The summed E-state index contributed by atoms with van der Waals surface area (Å²) in [4.78, 5) is 22.3. The lowest BCUT2D eigenvalue weighted by Gasteiger charge is -2.07. The highest BCUT2D eigenvalue weighted by atomic mass is 16.6. The Morgan fingerprint density at radius 3 is 2.86 bits per heavy atom. The lowest BCUT2D eigenvalue weighted by molar-refractivity contribution is -0.385. The van der Waals surface area contributed by atoms with Crippen molar-refractivity contribution in [1.29, 1.82) is 0 Å². The van der Waals surface area contributed by atoms with E-state index in [1.165, 1.54) is 25.1 Å². The predicted molar refractivity (Wildman–Crippen MR) is 72.8 cm³/mol. The van der Waals surface area contributed by atoms with Crippen molar-refractivity contribution in [2.75, 3.05) is 6.61 Å². The number of carbonyl (C=O) groups is 1. The second-order valence-corrected chi connectivity index (χ2v) is 4.45. The summed E-state index contributed by atoms with van der Waals surface area (Å²) in [6.45, 7) is 1.66. The maximum atomic E-state index is 12.0. The van der Waals surface area contributed by atoms with Crippen LogP contribution in [-0.4, -0.2) is 32.3 Å². The van der Waals surface area contributed by atoms with Gasteiger partial charge in [0, 0.05) is 25.1 Å². The van der Waals surface area contributed by atoms with Crippen LogP contribution < -0.4 is 0 Å². The molecule has 0 amide bonds. The van der Waals surface area contributed by atoms with E-state index in [0.29, 0.717) is 17.8 Å². The molecule has 0 saturated heterocycles. The monoisotopic (exact) mass is 290 g/mol. The highest BCUT2D eigenvalue weighted by Gasteiger charge is 2.18. The van der Waals surface area contributed by atoms with Crippen molar-refractivity contribution < 1.29 is 14.5 Å². The Balaban J connectivity index is 2.02. The lowest BCUT2D eigenvalue weighted by Crippen LogP contribution is -2.12. The Hall–Kier alpha value is -2.77. The summed E-state index contributed by atoms with van der Waals surface area (Å²) in [5.74, 6) is 0.108. The van der Waals surface area contributed by atoms with E-state index in [9.17, 15) is 14.9 Å². The van der Waals surface area contributed by atoms with E-state index in [-0.39, 0.29) is 17.9 Å². The Morgan fingerprint density at radius 1 is 1.48 bits per heavy atom. The van der Waals surface area contributed by atoms with Gasteiger partial charge in [0.2, 0.25) is 0 Å². The molecule has 0 aliphatic heterocycles. The van der Waals surface area contributed by atoms with Crippen LogP contribution in [0.3, 0.4) is 0 Å². The van der Waals surface area contributed by atoms with E-state index in [1.807, 2.05) is 0 Å². The summed E-state index contributed by atoms with van der Waals surface area (Å²) in [6.07, 6.45) is 1.98. The Labute approximate surface area is 120 Å². The van der Waals surface area contributed by atoms with Gasteiger partial charge in [-0.25, -0.2) is 4.79 Å². The third-order valence-electron chi connectivity index (χ3n) is 3.09. The van der Waals surface area contributed by atoms with Gasteiger partial charge in [-0.15, -0.1) is 10.2 Å². The maximum Gasteiger partial charge on any atom is 0.338 e. The van der Waals surface area contributed by atoms with Gasteiger partial charge in [0.15, 0.2) is 0 Å². The molecule has 21 heavy (non-hydrogen) atoms. The van der Waals surface area contributed by atoms with Gasteiger partial charge in [0.25, 0.3) is 5.69 Å². The smallest absolute Gasteiger partial charge is 0.338 e. The van der Waals surface area contributed by atoms with Crippen molar-refractivity contribution in [3.8, 4) is 0 Å². The number of nitrogens with zero attached hydrogens (tertiary/aromatic N) is 4. The van der Waals surface area contributed by atoms with Crippen LogP contribution >= 0.6 is 0 Å². The number of ether oxygens (including phenoxy) is 1. The van der Waals surface area contributed by atoms with Gasteiger partial charge in [-0.3, -0.25) is 10.1 Å². The molecule has 8 nitrogen and oxygen atoms in total. The summed E-state index contributed by atoms with van der Waals surface area (Å²) < 4.78 is 6.86. The Kier molecular flexibility index (Phi) is 4.27. The molecule has 8 heteroatoms. The quantitative estimate of drug-likeness (QED) is 0.469. The summed E-state index contributed by atoms with van der Waals surface area (Å²) in [6, 6.07) is 4.32. The molecule has 0 saturated carbocycles. The van der Waals surface area contributed by atoms with Gasteiger partial charge < -0.3 is 9.30 Å². The van der Waals surface area contributed by atoms with Crippen LogP contribution in [0.4, 0.5) is 5.69 Å². The standard InChI is InChI=1S/C13H14N4O4/c1-9-10(4-3-5-11(9)17(19)20)13(18)21-7-6-12-15-14-8-16(12)2/h3-5,8H,6-7H2,1-2H3. The minimum absolute atomic E-state index is 0.0993. The van der Waals surface area contributed by atoms with Gasteiger partial charge in [0.1, 0.15) is 12.2 Å². The van der Waals surface area contributed by atoms with E-state index < -0.39 is 10.9 Å². The fraction of sp³-hybridized carbons (Fsp3) is 0.308. The SMILES string of the molecule is Cc1c(C(=O)OCCc2nncn2C)cccc1[N+](=O)[O-]. The first-order valence-corrected chi connectivity index (χ1v) is 6.24. The number of nitro benzene ring substituents is 1. The second kappa shape index (κ2) is 6.12. The van der Waals surface area contributed by atoms with Crippen LogP contribution in [0.1, 0.15) is 21.7 Å². The van der Waals surface area contributed by atoms with Crippen LogP contribution in [0, 0.1) is 17.0 Å². The van der Waals surface area contributed by atoms with Gasteiger partial charge >= 0.3 is 5.97 Å². The van der Waals surface area contributed by atoms with Gasteiger partial charge in [-0.05, 0) is 13.0 Å². The van der Waals surface area contributed by atoms with Crippen LogP contribution in [0.2, 0.25) is 0 Å². The first kappa shape index (κ1) is 14.6. The second-order valence-electron chi connectivity index (χ2n) is 4.45. The van der Waals surface area contributed by atoms with Crippen molar-refractivity contribution in [2.45, 2.75) is 13.3 Å². The zero-order chi connectivity index (χ0) is 15.4. The average Bonchev–Trinajstić information content (AvgIpc) is 2.84. The van der Waals surface area contributed by atoms with E-state index in [0.717, 1.165) is 0 Å². The number of hydrogen-bond donors (Lipinski definition) is 0. The topological polar surface area (TPSA) is 100 Å². The van der Waals surface area contributed by atoms with E-state index in [4.69, 9.17) is 4.74 Å². The molecule has 0 aliphatic carbocycles. The molecule has 1 aromatic heterocycles. The first-order chi connectivity index (χ1) is 10.0. The largest absolute Gasteiger partial charge is 0.462 e. The van der Waals surface area contributed by atoms with E-state index in [2.05, 4.69) is 10.2 Å². The number of nitro groups is 1. The fourth-order valence-corrected chi connectivity index (χ4v) is 1.89. The molecule has 2 rings (SSSR count). The number of rotatable bonds is 5. The molecular weight excluding hydrogens is 276 g/mol. The minimum atomic E-state index is -0.585. The molecule has 0 N–H and O–H groups in total. The summed E-state index contributed by atoms with van der Waals surface area (Å²) in [5.41, 5.74) is 0.395. The lowest BCUT2D eigenvalue weighted by atomic mass is 10.1. The zero-order valence-electron chi connectivity index (χ0n) is 11.6. The molecule has 2 aromatic rings.